The van der Waals surface area contributed by atoms with E-state index in [1.807, 2.05) is 0 Å². The van der Waals surface area contributed by atoms with Gasteiger partial charge in [-0.25, -0.2) is 0 Å². The van der Waals surface area contributed by atoms with E-state index in [2.05, 4.69) is 35.8 Å². The van der Waals surface area contributed by atoms with Crippen LogP contribution in [0.2, 0.25) is 0 Å². The molecule has 1 aliphatic heterocycles. The fourth-order valence-electron chi connectivity index (χ4n) is 1.81. The Balaban J connectivity index is 0.000000980. The van der Waals surface area contributed by atoms with Crippen LogP contribution in [-0.2, 0) is 0 Å². The Bertz CT molecular complexity index is 267. The molecular weight excluding hydrogens is 214 g/mol. The highest BCUT2D eigenvalue weighted by Gasteiger charge is 2.15. The molecule has 1 aromatic rings. The van der Waals surface area contributed by atoms with Crippen molar-refractivity contribution in [1.82, 2.24) is 5.32 Å². The van der Waals surface area contributed by atoms with Crippen molar-refractivity contribution in [3.8, 4) is 0 Å². The molecule has 0 spiro atoms. The zero-order valence-electron chi connectivity index (χ0n) is 8.32. The van der Waals surface area contributed by atoms with E-state index in [0.717, 1.165) is 0 Å². The lowest BCUT2D eigenvalue weighted by Crippen LogP contribution is -2.12. The average Bonchev–Trinajstić information content (AvgIpc) is 2.71. The lowest BCUT2D eigenvalue weighted by Gasteiger charge is -2.10. The standard InChI is InChI=1S/C11H15NS.ClH/c1-13-10-6-4-9(5-7-10)11-3-2-8-12-11;/h4-7,11-12H,2-3,8H2,1H3;1H/t11-;/m0./s1. The van der Waals surface area contributed by atoms with Gasteiger partial charge in [0.15, 0.2) is 0 Å². The summed E-state index contributed by atoms with van der Waals surface area (Å²) in [6.07, 6.45) is 4.72. The molecule has 1 heterocycles. The van der Waals surface area contributed by atoms with Crippen LogP contribution in [0.5, 0.6) is 0 Å². The number of hydrogen-bond donors (Lipinski definition) is 1. The van der Waals surface area contributed by atoms with Gasteiger partial charge in [0.1, 0.15) is 0 Å². The zero-order chi connectivity index (χ0) is 9.10. The largest absolute Gasteiger partial charge is 0.310 e. The third-order valence-electron chi connectivity index (χ3n) is 2.58. The third-order valence-corrected chi connectivity index (χ3v) is 3.32. The van der Waals surface area contributed by atoms with Gasteiger partial charge >= 0.3 is 0 Å². The summed E-state index contributed by atoms with van der Waals surface area (Å²) in [4.78, 5) is 1.35. The zero-order valence-corrected chi connectivity index (χ0v) is 9.96. The van der Waals surface area contributed by atoms with Crippen LogP contribution in [-0.4, -0.2) is 12.8 Å². The van der Waals surface area contributed by atoms with Crippen molar-refractivity contribution >= 4 is 24.2 Å². The molecule has 1 aliphatic rings. The van der Waals surface area contributed by atoms with Crippen LogP contribution in [0.3, 0.4) is 0 Å². The summed E-state index contributed by atoms with van der Waals surface area (Å²) in [5.41, 5.74) is 1.44. The number of thioether (sulfide) groups is 1. The topological polar surface area (TPSA) is 12.0 Å². The van der Waals surface area contributed by atoms with Crippen LogP contribution in [0.25, 0.3) is 0 Å². The van der Waals surface area contributed by atoms with Gasteiger partial charge in [0.2, 0.25) is 0 Å². The van der Waals surface area contributed by atoms with Crippen LogP contribution in [0.15, 0.2) is 29.2 Å². The average molecular weight is 230 g/mol. The normalized spacial score (nSPS) is 20.5. The molecule has 3 heteroatoms. The summed E-state index contributed by atoms with van der Waals surface area (Å²) in [5.74, 6) is 0. The second-order valence-electron chi connectivity index (χ2n) is 3.42. The lowest BCUT2D eigenvalue weighted by atomic mass is 10.1. The molecule has 1 fully saturated rings. The first-order chi connectivity index (χ1) is 6.40. The van der Waals surface area contributed by atoms with Crippen LogP contribution in [0.4, 0.5) is 0 Å². The number of benzene rings is 1. The van der Waals surface area contributed by atoms with Gasteiger partial charge in [-0.1, -0.05) is 12.1 Å². The summed E-state index contributed by atoms with van der Waals surface area (Å²) in [6.45, 7) is 1.18. The SMILES string of the molecule is CSc1ccc([C@@H]2CCCN2)cc1.Cl. The van der Waals surface area contributed by atoms with Crippen molar-refractivity contribution in [1.29, 1.82) is 0 Å². The van der Waals surface area contributed by atoms with Gasteiger partial charge in [0.05, 0.1) is 0 Å². The minimum atomic E-state index is 0. The summed E-state index contributed by atoms with van der Waals surface area (Å²) in [6, 6.07) is 9.51. The van der Waals surface area contributed by atoms with Gasteiger partial charge < -0.3 is 5.32 Å². The van der Waals surface area contributed by atoms with Crippen LogP contribution in [0.1, 0.15) is 24.4 Å². The molecule has 0 unspecified atom stereocenters. The first-order valence-electron chi connectivity index (χ1n) is 4.77. The van der Waals surface area contributed by atoms with Gasteiger partial charge in [-0.15, -0.1) is 24.2 Å². The van der Waals surface area contributed by atoms with Crippen molar-refractivity contribution in [2.45, 2.75) is 23.8 Å². The Morgan fingerprint density at radius 2 is 2.00 bits per heavy atom. The monoisotopic (exact) mass is 229 g/mol. The molecule has 1 atom stereocenters. The van der Waals surface area contributed by atoms with Crippen LogP contribution in [0, 0.1) is 0 Å². The van der Waals surface area contributed by atoms with E-state index < -0.39 is 0 Å². The van der Waals surface area contributed by atoms with Gasteiger partial charge in [-0.3, -0.25) is 0 Å². The maximum absolute atomic E-state index is 3.50. The number of nitrogens with one attached hydrogen (secondary N) is 1. The first-order valence-corrected chi connectivity index (χ1v) is 6.00. The summed E-state index contributed by atoms with van der Waals surface area (Å²) >= 11 is 1.80. The molecule has 1 aromatic carbocycles. The molecular formula is C11H16ClNS. The van der Waals surface area contributed by atoms with Crippen molar-refractivity contribution < 1.29 is 0 Å². The van der Waals surface area contributed by atoms with E-state index in [4.69, 9.17) is 0 Å². The molecule has 2 rings (SSSR count). The Morgan fingerprint density at radius 1 is 1.29 bits per heavy atom. The van der Waals surface area contributed by atoms with Crippen molar-refractivity contribution in [2.75, 3.05) is 12.8 Å². The Morgan fingerprint density at radius 3 is 2.50 bits per heavy atom. The fourth-order valence-corrected chi connectivity index (χ4v) is 2.21. The second-order valence-corrected chi connectivity index (χ2v) is 4.30. The first kappa shape index (κ1) is 11.9. The quantitative estimate of drug-likeness (QED) is 0.782. The van der Waals surface area contributed by atoms with E-state index in [1.54, 1.807) is 11.8 Å². The Hall–Kier alpha value is -0.180. The van der Waals surface area contributed by atoms with E-state index in [0.29, 0.717) is 6.04 Å². The molecule has 0 saturated carbocycles. The molecule has 0 bridgehead atoms. The van der Waals surface area contributed by atoms with Crippen LogP contribution >= 0.6 is 24.2 Å². The summed E-state index contributed by atoms with van der Waals surface area (Å²) < 4.78 is 0. The lowest BCUT2D eigenvalue weighted by molar-refractivity contribution is 0.647. The van der Waals surface area contributed by atoms with Crippen molar-refractivity contribution in [3.05, 3.63) is 29.8 Å². The Labute approximate surface area is 96.1 Å². The predicted molar refractivity (Wildman–Crippen MR) is 65.4 cm³/mol. The highest BCUT2D eigenvalue weighted by molar-refractivity contribution is 7.98. The summed E-state index contributed by atoms with van der Waals surface area (Å²) in [7, 11) is 0. The molecule has 0 aromatic heterocycles. The molecule has 1 nitrogen and oxygen atoms in total. The molecule has 14 heavy (non-hydrogen) atoms. The van der Waals surface area contributed by atoms with Crippen molar-refractivity contribution in [3.63, 3.8) is 0 Å². The smallest absolute Gasteiger partial charge is 0.0320 e. The number of hydrogen-bond acceptors (Lipinski definition) is 2. The number of halogens is 1. The molecule has 0 amide bonds. The van der Waals surface area contributed by atoms with Crippen LogP contribution < -0.4 is 5.32 Å². The van der Waals surface area contributed by atoms with Gasteiger partial charge in [0, 0.05) is 10.9 Å². The predicted octanol–water partition coefficient (Wildman–Crippen LogP) is 3.25. The third kappa shape index (κ3) is 2.66. The molecule has 0 aliphatic carbocycles. The minimum Gasteiger partial charge on any atom is -0.310 e. The van der Waals surface area contributed by atoms with E-state index in [9.17, 15) is 0 Å². The minimum absolute atomic E-state index is 0. The summed E-state index contributed by atoms with van der Waals surface area (Å²) in [5, 5.41) is 3.50. The Kier molecular flexibility index (Phi) is 4.79. The highest BCUT2D eigenvalue weighted by Crippen LogP contribution is 2.24. The van der Waals surface area contributed by atoms with Gasteiger partial charge in [0.25, 0.3) is 0 Å². The van der Waals surface area contributed by atoms with E-state index in [1.165, 1.54) is 29.8 Å². The molecule has 1 saturated heterocycles. The highest BCUT2D eigenvalue weighted by atomic mass is 35.5. The number of rotatable bonds is 2. The maximum Gasteiger partial charge on any atom is 0.0320 e. The fraction of sp³-hybridized carbons (Fsp3) is 0.455. The molecule has 78 valence electrons. The van der Waals surface area contributed by atoms with Gasteiger partial charge in [-0.2, -0.15) is 0 Å². The molecule has 1 N–H and O–H groups in total. The van der Waals surface area contributed by atoms with Crippen molar-refractivity contribution in [2.24, 2.45) is 0 Å². The van der Waals surface area contributed by atoms with E-state index >= 15 is 0 Å². The molecule has 0 radical (unpaired) electrons. The maximum atomic E-state index is 3.50. The van der Waals surface area contributed by atoms with Gasteiger partial charge in [-0.05, 0) is 43.3 Å². The second kappa shape index (κ2) is 5.64. The van der Waals surface area contributed by atoms with E-state index in [-0.39, 0.29) is 12.4 Å².